The summed E-state index contributed by atoms with van der Waals surface area (Å²) in [7, 11) is 0. The van der Waals surface area contributed by atoms with Crippen molar-refractivity contribution in [2.75, 3.05) is 13.2 Å². The molecule has 0 spiro atoms. The van der Waals surface area contributed by atoms with Crippen LogP contribution in [0.2, 0.25) is 0 Å². The molecule has 0 aliphatic carbocycles. The van der Waals surface area contributed by atoms with Gasteiger partial charge in [0.2, 0.25) is 0 Å². The third-order valence-corrected chi connectivity index (χ3v) is 3.55. The maximum absolute atomic E-state index is 5.88. The van der Waals surface area contributed by atoms with E-state index >= 15 is 0 Å². The number of hydrogen-bond donors (Lipinski definition) is 1. The molecule has 0 radical (unpaired) electrons. The second-order valence-electron chi connectivity index (χ2n) is 4.89. The van der Waals surface area contributed by atoms with Crippen LogP contribution in [-0.2, 0) is 0 Å². The van der Waals surface area contributed by atoms with Gasteiger partial charge in [-0.1, -0.05) is 25.1 Å². The van der Waals surface area contributed by atoms with Crippen molar-refractivity contribution in [1.29, 1.82) is 0 Å². The summed E-state index contributed by atoms with van der Waals surface area (Å²) in [4.78, 5) is 0. The van der Waals surface area contributed by atoms with E-state index in [1.54, 1.807) is 0 Å². The average molecular weight is 257 g/mol. The van der Waals surface area contributed by atoms with Gasteiger partial charge in [-0.15, -0.1) is 0 Å². The number of rotatable bonds is 3. The minimum atomic E-state index is 0.198. The molecule has 1 aliphatic rings. The van der Waals surface area contributed by atoms with E-state index < -0.39 is 0 Å². The Hall–Kier alpha value is -1.81. The fourth-order valence-electron chi connectivity index (χ4n) is 2.66. The first-order valence-corrected chi connectivity index (χ1v) is 6.76. The van der Waals surface area contributed by atoms with Crippen LogP contribution >= 0.6 is 0 Å². The van der Waals surface area contributed by atoms with Gasteiger partial charge in [-0.3, -0.25) is 4.68 Å². The highest BCUT2D eigenvalue weighted by Crippen LogP contribution is 2.37. The predicted molar refractivity (Wildman–Crippen MR) is 74.4 cm³/mol. The summed E-state index contributed by atoms with van der Waals surface area (Å²) in [6.45, 7) is 5.71. The van der Waals surface area contributed by atoms with Gasteiger partial charge in [-0.2, -0.15) is 5.10 Å². The number of nitrogens with one attached hydrogen (secondary N) is 1. The summed E-state index contributed by atoms with van der Waals surface area (Å²) in [6.07, 6.45) is 2.03. The lowest BCUT2D eigenvalue weighted by molar-refractivity contribution is 0.170. The van der Waals surface area contributed by atoms with Crippen molar-refractivity contribution in [3.8, 4) is 5.75 Å². The molecule has 19 heavy (non-hydrogen) atoms. The molecule has 1 aliphatic heterocycles. The molecular weight excluding hydrogens is 238 g/mol. The lowest BCUT2D eigenvalue weighted by Crippen LogP contribution is -2.37. The zero-order valence-corrected chi connectivity index (χ0v) is 11.3. The molecule has 0 fully saturated rings. The Bertz CT molecular complexity index is 564. The number of aryl methyl sites for hydroxylation is 1. The van der Waals surface area contributed by atoms with E-state index in [0.29, 0.717) is 6.61 Å². The highest BCUT2D eigenvalue weighted by Gasteiger charge is 2.31. The summed E-state index contributed by atoms with van der Waals surface area (Å²) < 4.78 is 7.89. The third kappa shape index (κ3) is 2.24. The first-order valence-electron chi connectivity index (χ1n) is 6.76. The second-order valence-corrected chi connectivity index (χ2v) is 4.89. The molecule has 4 nitrogen and oxygen atoms in total. The molecule has 0 amide bonds. The van der Waals surface area contributed by atoms with Gasteiger partial charge >= 0.3 is 0 Å². The molecule has 1 N–H and O–H groups in total. The zero-order chi connectivity index (χ0) is 13.2. The number of ether oxygens (including phenoxy) is 1. The van der Waals surface area contributed by atoms with Gasteiger partial charge in [0.25, 0.3) is 0 Å². The molecule has 0 bridgehead atoms. The van der Waals surface area contributed by atoms with Crippen LogP contribution in [0.1, 0.15) is 30.3 Å². The maximum Gasteiger partial charge on any atom is 0.124 e. The fourth-order valence-corrected chi connectivity index (χ4v) is 2.66. The fraction of sp³-hybridized carbons (Fsp3) is 0.400. The lowest BCUT2D eigenvalue weighted by atomic mass is 9.96. The Kier molecular flexibility index (Phi) is 3.25. The molecule has 2 aromatic rings. The van der Waals surface area contributed by atoms with E-state index in [2.05, 4.69) is 29.5 Å². The number of para-hydroxylation sites is 1. The molecule has 0 saturated heterocycles. The van der Waals surface area contributed by atoms with E-state index in [0.717, 1.165) is 18.0 Å². The second kappa shape index (κ2) is 5.05. The lowest BCUT2D eigenvalue weighted by Gasteiger charge is -2.34. The number of aromatic nitrogens is 2. The van der Waals surface area contributed by atoms with Crippen LogP contribution in [0, 0.1) is 6.92 Å². The van der Waals surface area contributed by atoms with Gasteiger partial charge in [0, 0.05) is 11.8 Å². The van der Waals surface area contributed by atoms with E-state index in [-0.39, 0.29) is 12.1 Å². The van der Waals surface area contributed by atoms with Crippen molar-refractivity contribution in [3.05, 3.63) is 47.8 Å². The summed E-state index contributed by atoms with van der Waals surface area (Å²) >= 11 is 0. The van der Waals surface area contributed by atoms with Crippen molar-refractivity contribution in [3.63, 3.8) is 0 Å². The molecule has 1 aromatic carbocycles. The standard InChI is InChI=1S/C15H19N3O/c1-3-16-15-12-6-4-5-7-14(12)19-10-13(15)18-9-8-11(2)17-18/h4-9,13,15-16H,3,10H2,1-2H3. The van der Waals surface area contributed by atoms with Crippen molar-refractivity contribution in [1.82, 2.24) is 15.1 Å². The normalized spacial score (nSPS) is 21.8. The zero-order valence-electron chi connectivity index (χ0n) is 11.3. The number of hydrogen-bond acceptors (Lipinski definition) is 3. The highest BCUT2D eigenvalue weighted by molar-refractivity contribution is 5.38. The first-order chi connectivity index (χ1) is 9.29. The van der Waals surface area contributed by atoms with Crippen molar-refractivity contribution in [2.45, 2.75) is 25.9 Å². The van der Waals surface area contributed by atoms with Gasteiger partial charge in [-0.25, -0.2) is 0 Å². The molecule has 2 unspecified atom stereocenters. The Labute approximate surface area is 113 Å². The summed E-state index contributed by atoms with van der Waals surface area (Å²) in [5.74, 6) is 0.980. The van der Waals surface area contributed by atoms with Crippen LogP contribution in [0.15, 0.2) is 36.5 Å². The van der Waals surface area contributed by atoms with Crippen LogP contribution in [0.4, 0.5) is 0 Å². The summed E-state index contributed by atoms with van der Waals surface area (Å²) in [5, 5.41) is 8.09. The van der Waals surface area contributed by atoms with E-state index in [1.165, 1.54) is 5.56 Å². The minimum Gasteiger partial charge on any atom is -0.491 e. The van der Waals surface area contributed by atoms with Crippen molar-refractivity contribution < 1.29 is 4.74 Å². The topological polar surface area (TPSA) is 39.1 Å². The average Bonchev–Trinajstić information content (AvgIpc) is 2.86. The van der Waals surface area contributed by atoms with E-state index in [1.807, 2.05) is 36.0 Å². The summed E-state index contributed by atoms with van der Waals surface area (Å²) in [5.41, 5.74) is 2.25. The van der Waals surface area contributed by atoms with Crippen LogP contribution in [0.5, 0.6) is 5.75 Å². The highest BCUT2D eigenvalue weighted by atomic mass is 16.5. The number of benzene rings is 1. The smallest absolute Gasteiger partial charge is 0.124 e. The molecule has 4 heteroatoms. The Balaban J connectivity index is 1.98. The number of fused-ring (bicyclic) bond motifs is 1. The van der Waals surface area contributed by atoms with Gasteiger partial charge in [0.15, 0.2) is 0 Å². The van der Waals surface area contributed by atoms with Crippen LogP contribution in [0.3, 0.4) is 0 Å². The third-order valence-electron chi connectivity index (χ3n) is 3.55. The SMILES string of the molecule is CCNC1c2ccccc2OCC1n1ccc(C)n1. The number of likely N-dealkylation sites (N-methyl/N-ethyl adjacent to an activating group) is 1. The Morgan fingerprint density at radius 2 is 2.21 bits per heavy atom. The van der Waals surface area contributed by atoms with Crippen molar-refractivity contribution in [2.24, 2.45) is 0 Å². The Morgan fingerprint density at radius 1 is 1.37 bits per heavy atom. The monoisotopic (exact) mass is 257 g/mol. The quantitative estimate of drug-likeness (QED) is 0.918. The van der Waals surface area contributed by atoms with Gasteiger partial charge in [-0.05, 0) is 25.6 Å². The largest absolute Gasteiger partial charge is 0.491 e. The molecule has 3 rings (SSSR count). The number of nitrogens with zero attached hydrogens (tertiary/aromatic N) is 2. The van der Waals surface area contributed by atoms with Gasteiger partial charge < -0.3 is 10.1 Å². The maximum atomic E-state index is 5.88. The Morgan fingerprint density at radius 3 is 2.95 bits per heavy atom. The van der Waals surface area contributed by atoms with Crippen LogP contribution in [0.25, 0.3) is 0 Å². The molecule has 1 aromatic heterocycles. The van der Waals surface area contributed by atoms with Crippen molar-refractivity contribution >= 4 is 0 Å². The minimum absolute atomic E-state index is 0.198. The van der Waals surface area contributed by atoms with E-state index in [9.17, 15) is 0 Å². The molecule has 0 saturated carbocycles. The van der Waals surface area contributed by atoms with Crippen LogP contribution < -0.4 is 10.1 Å². The molecular formula is C15H19N3O. The first kappa shape index (κ1) is 12.2. The van der Waals surface area contributed by atoms with Gasteiger partial charge in [0.05, 0.1) is 11.7 Å². The van der Waals surface area contributed by atoms with Gasteiger partial charge in [0.1, 0.15) is 18.4 Å². The van der Waals surface area contributed by atoms with E-state index in [4.69, 9.17) is 4.74 Å². The molecule has 2 heterocycles. The predicted octanol–water partition coefficient (Wildman–Crippen LogP) is 2.48. The van der Waals surface area contributed by atoms with Crippen LogP contribution in [-0.4, -0.2) is 22.9 Å². The summed E-state index contributed by atoms with van der Waals surface area (Å²) in [6, 6.07) is 10.7. The molecule has 100 valence electrons. The molecule has 2 atom stereocenters.